The minimum Gasteiger partial charge on any atom is -0.496 e. The van der Waals surface area contributed by atoms with Crippen molar-refractivity contribution < 1.29 is 9.15 Å². The Kier molecular flexibility index (Phi) is 3.75. The lowest BCUT2D eigenvalue weighted by Gasteiger charge is -2.11. The second-order valence-electron chi connectivity index (χ2n) is 3.97. The highest BCUT2D eigenvalue weighted by atomic mass is 35.5. The van der Waals surface area contributed by atoms with E-state index < -0.39 is 0 Å². The number of benzene rings is 1. The average Bonchev–Trinajstić information content (AvgIpc) is 2.77. The molecule has 90 valence electrons. The molecule has 0 spiro atoms. The van der Waals surface area contributed by atoms with Gasteiger partial charge in [0.25, 0.3) is 0 Å². The number of ether oxygens (including phenoxy) is 1. The standard InChI is InChI=1S/C14H15ClO2/c1-10-7-12(9-17-10)13(15)8-11-5-3-4-6-14(11)16-2/h3-7,9,13H,8H2,1-2H3. The lowest BCUT2D eigenvalue weighted by molar-refractivity contribution is 0.409. The van der Waals surface area contributed by atoms with Crippen LogP contribution in [0.5, 0.6) is 5.75 Å². The van der Waals surface area contributed by atoms with E-state index >= 15 is 0 Å². The van der Waals surface area contributed by atoms with Gasteiger partial charge in [-0.3, -0.25) is 0 Å². The fourth-order valence-corrected chi connectivity index (χ4v) is 2.09. The van der Waals surface area contributed by atoms with Gasteiger partial charge in [0.15, 0.2) is 0 Å². The minimum absolute atomic E-state index is 0.0938. The van der Waals surface area contributed by atoms with Crippen LogP contribution in [-0.4, -0.2) is 7.11 Å². The van der Waals surface area contributed by atoms with Crippen LogP contribution in [0.25, 0.3) is 0 Å². The molecule has 0 aliphatic rings. The van der Waals surface area contributed by atoms with Crippen molar-refractivity contribution >= 4 is 11.6 Å². The Labute approximate surface area is 106 Å². The van der Waals surface area contributed by atoms with Crippen LogP contribution >= 0.6 is 11.6 Å². The molecule has 1 aromatic heterocycles. The molecular formula is C14H15ClO2. The van der Waals surface area contributed by atoms with Crippen molar-refractivity contribution in [2.45, 2.75) is 18.7 Å². The molecule has 2 nitrogen and oxygen atoms in total. The molecule has 1 unspecified atom stereocenters. The van der Waals surface area contributed by atoms with Crippen molar-refractivity contribution in [2.75, 3.05) is 7.11 Å². The Balaban J connectivity index is 2.15. The predicted octanol–water partition coefficient (Wildman–Crippen LogP) is 4.12. The number of hydrogen-bond donors (Lipinski definition) is 0. The summed E-state index contributed by atoms with van der Waals surface area (Å²) in [7, 11) is 1.67. The first-order chi connectivity index (χ1) is 8.20. The van der Waals surface area contributed by atoms with Crippen LogP contribution in [0.3, 0.4) is 0 Å². The Hall–Kier alpha value is -1.41. The lowest BCUT2D eigenvalue weighted by Crippen LogP contribution is -1.97. The summed E-state index contributed by atoms with van der Waals surface area (Å²) < 4.78 is 10.6. The fraction of sp³-hybridized carbons (Fsp3) is 0.286. The topological polar surface area (TPSA) is 22.4 Å². The van der Waals surface area contributed by atoms with E-state index in [4.69, 9.17) is 20.8 Å². The first kappa shape index (κ1) is 12.1. The molecule has 2 rings (SSSR count). The van der Waals surface area contributed by atoms with Gasteiger partial charge in [-0.1, -0.05) is 18.2 Å². The molecule has 0 aliphatic heterocycles. The maximum Gasteiger partial charge on any atom is 0.122 e. The Morgan fingerprint density at radius 2 is 2.12 bits per heavy atom. The van der Waals surface area contributed by atoms with Gasteiger partial charge in [-0.2, -0.15) is 0 Å². The largest absolute Gasteiger partial charge is 0.496 e. The van der Waals surface area contributed by atoms with E-state index in [0.717, 1.165) is 29.1 Å². The number of aryl methyl sites for hydroxylation is 1. The van der Waals surface area contributed by atoms with E-state index in [1.165, 1.54) is 0 Å². The van der Waals surface area contributed by atoms with Crippen molar-refractivity contribution in [2.24, 2.45) is 0 Å². The molecule has 0 aliphatic carbocycles. The van der Waals surface area contributed by atoms with Crippen LogP contribution in [0, 0.1) is 6.92 Å². The van der Waals surface area contributed by atoms with E-state index in [0.29, 0.717) is 0 Å². The maximum absolute atomic E-state index is 6.37. The van der Waals surface area contributed by atoms with Crippen LogP contribution in [0.4, 0.5) is 0 Å². The van der Waals surface area contributed by atoms with Gasteiger partial charge in [-0.15, -0.1) is 11.6 Å². The molecule has 0 N–H and O–H groups in total. The lowest BCUT2D eigenvalue weighted by atomic mass is 10.1. The zero-order valence-corrected chi connectivity index (χ0v) is 10.7. The molecule has 0 fully saturated rings. The summed E-state index contributed by atoms with van der Waals surface area (Å²) in [4.78, 5) is 0. The maximum atomic E-state index is 6.37. The van der Waals surface area contributed by atoms with Crippen molar-refractivity contribution in [3.05, 3.63) is 53.5 Å². The zero-order valence-electron chi connectivity index (χ0n) is 9.94. The SMILES string of the molecule is COc1ccccc1CC(Cl)c1coc(C)c1. The van der Waals surface area contributed by atoms with Gasteiger partial charge in [0.05, 0.1) is 18.8 Å². The third-order valence-corrected chi connectivity index (χ3v) is 3.11. The number of alkyl halides is 1. The molecule has 0 amide bonds. The second-order valence-corrected chi connectivity index (χ2v) is 4.50. The molecule has 1 aromatic carbocycles. The minimum atomic E-state index is -0.0938. The van der Waals surface area contributed by atoms with Crippen LogP contribution in [0.2, 0.25) is 0 Å². The molecule has 0 saturated heterocycles. The van der Waals surface area contributed by atoms with Gasteiger partial charge in [-0.05, 0) is 31.0 Å². The van der Waals surface area contributed by atoms with E-state index in [1.54, 1.807) is 13.4 Å². The summed E-state index contributed by atoms with van der Waals surface area (Å²) in [6, 6.07) is 9.88. The highest BCUT2D eigenvalue weighted by molar-refractivity contribution is 6.20. The molecular weight excluding hydrogens is 236 g/mol. The van der Waals surface area contributed by atoms with Crippen LogP contribution < -0.4 is 4.74 Å². The summed E-state index contributed by atoms with van der Waals surface area (Å²) in [5.41, 5.74) is 2.11. The van der Waals surface area contributed by atoms with Gasteiger partial charge < -0.3 is 9.15 Å². The van der Waals surface area contributed by atoms with Crippen molar-refractivity contribution in [3.63, 3.8) is 0 Å². The van der Waals surface area contributed by atoms with Gasteiger partial charge in [0, 0.05) is 5.56 Å². The second kappa shape index (κ2) is 5.28. The number of furan rings is 1. The molecule has 2 aromatic rings. The number of para-hydroxylation sites is 1. The van der Waals surface area contributed by atoms with Gasteiger partial charge in [0.1, 0.15) is 11.5 Å². The van der Waals surface area contributed by atoms with E-state index in [2.05, 4.69) is 0 Å². The van der Waals surface area contributed by atoms with E-state index in [9.17, 15) is 0 Å². The molecule has 0 saturated carbocycles. The Bertz CT molecular complexity index is 490. The normalized spacial score (nSPS) is 12.4. The number of hydrogen-bond acceptors (Lipinski definition) is 2. The van der Waals surface area contributed by atoms with Crippen molar-refractivity contribution in [1.82, 2.24) is 0 Å². The van der Waals surface area contributed by atoms with Gasteiger partial charge in [0.2, 0.25) is 0 Å². The summed E-state index contributed by atoms with van der Waals surface area (Å²) in [5, 5.41) is -0.0938. The predicted molar refractivity (Wildman–Crippen MR) is 68.7 cm³/mol. The number of rotatable bonds is 4. The van der Waals surface area contributed by atoms with E-state index in [-0.39, 0.29) is 5.38 Å². The highest BCUT2D eigenvalue weighted by Crippen LogP contribution is 2.30. The molecule has 0 bridgehead atoms. The third-order valence-electron chi connectivity index (χ3n) is 2.70. The first-order valence-electron chi connectivity index (χ1n) is 5.51. The third kappa shape index (κ3) is 2.83. The summed E-state index contributed by atoms with van der Waals surface area (Å²) >= 11 is 6.37. The smallest absolute Gasteiger partial charge is 0.122 e. The molecule has 0 radical (unpaired) electrons. The molecule has 1 atom stereocenters. The van der Waals surface area contributed by atoms with Crippen LogP contribution in [0.15, 0.2) is 41.0 Å². The summed E-state index contributed by atoms with van der Waals surface area (Å²) in [6.45, 7) is 1.91. The zero-order chi connectivity index (χ0) is 12.3. The monoisotopic (exact) mass is 250 g/mol. The number of methoxy groups -OCH3 is 1. The van der Waals surface area contributed by atoms with Gasteiger partial charge >= 0.3 is 0 Å². The van der Waals surface area contributed by atoms with Crippen molar-refractivity contribution in [1.29, 1.82) is 0 Å². The molecule has 17 heavy (non-hydrogen) atoms. The van der Waals surface area contributed by atoms with Crippen LogP contribution in [-0.2, 0) is 6.42 Å². The van der Waals surface area contributed by atoms with Crippen molar-refractivity contribution in [3.8, 4) is 5.75 Å². The highest BCUT2D eigenvalue weighted by Gasteiger charge is 2.13. The molecule has 3 heteroatoms. The quantitative estimate of drug-likeness (QED) is 0.762. The fourth-order valence-electron chi connectivity index (χ4n) is 1.81. The van der Waals surface area contributed by atoms with E-state index in [1.807, 2.05) is 37.3 Å². The van der Waals surface area contributed by atoms with Crippen LogP contribution in [0.1, 0.15) is 22.3 Å². The number of halogens is 1. The molecule has 1 heterocycles. The average molecular weight is 251 g/mol. The summed E-state index contributed by atoms with van der Waals surface area (Å²) in [6.07, 6.45) is 2.44. The Morgan fingerprint density at radius 3 is 2.76 bits per heavy atom. The summed E-state index contributed by atoms with van der Waals surface area (Å²) in [5.74, 6) is 1.75. The van der Waals surface area contributed by atoms with Gasteiger partial charge in [-0.25, -0.2) is 0 Å². The first-order valence-corrected chi connectivity index (χ1v) is 5.95. The Morgan fingerprint density at radius 1 is 1.35 bits per heavy atom.